The van der Waals surface area contributed by atoms with Crippen molar-refractivity contribution in [3.63, 3.8) is 0 Å². The molecule has 3 heteroatoms. The lowest BCUT2D eigenvalue weighted by atomic mass is 9.93. The fourth-order valence-electron chi connectivity index (χ4n) is 2.59. The van der Waals surface area contributed by atoms with Crippen molar-refractivity contribution in [2.75, 3.05) is 13.1 Å². The largest absolute Gasteiger partial charge is 0.340 e. The molecule has 15 heavy (non-hydrogen) atoms. The van der Waals surface area contributed by atoms with E-state index in [0.29, 0.717) is 6.04 Å². The van der Waals surface area contributed by atoms with E-state index in [4.69, 9.17) is 0 Å². The summed E-state index contributed by atoms with van der Waals surface area (Å²) >= 11 is 0. The molecule has 0 aromatic rings. The van der Waals surface area contributed by atoms with Gasteiger partial charge in [-0.1, -0.05) is 0 Å². The first-order valence-electron chi connectivity index (χ1n) is 6.08. The Bertz CT molecular complexity index is 267. The minimum absolute atomic E-state index is 0.183. The van der Waals surface area contributed by atoms with Crippen LogP contribution in [0.3, 0.4) is 0 Å². The third kappa shape index (κ3) is 2.59. The zero-order valence-corrected chi connectivity index (χ0v) is 9.54. The topological polar surface area (TPSA) is 36.9 Å². The van der Waals surface area contributed by atoms with Crippen molar-refractivity contribution in [2.24, 2.45) is 0 Å². The number of amides is 1. The lowest BCUT2D eigenvalue weighted by Crippen LogP contribution is -2.91. The Kier molecular flexibility index (Phi) is 3.41. The van der Waals surface area contributed by atoms with Gasteiger partial charge in [-0.3, -0.25) is 4.79 Å². The van der Waals surface area contributed by atoms with Crippen molar-refractivity contribution >= 4 is 5.91 Å². The molecular formula is C12H21N2O+. The molecule has 2 rings (SSSR count). The van der Waals surface area contributed by atoms with E-state index in [1.807, 2.05) is 4.90 Å². The number of nitrogens with two attached hydrogens (primary N) is 1. The lowest BCUT2D eigenvalue weighted by Gasteiger charge is -2.29. The summed E-state index contributed by atoms with van der Waals surface area (Å²) in [6.45, 7) is 3.82. The number of nitrogens with zero attached hydrogens (tertiary/aromatic N) is 1. The van der Waals surface area contributed by atoms with Crippen LogP contribution in [-0.4, -0.2) is 29.9 Å². The van der Waals surface area contributed by atoms with E-state index in [1.165, 1.54) is 37.8 Å². The van der Waals surface area contributed by atoms with Crippen LogP contribution in [0.5, 0.6) is 0 Å². The maximum atomic E-state index is 11.3. The highest BCUT2D eigenvalue weighted by Crippen LogP contribution is 2.20. The van der Waals surface area contributed by atoms with Crippen LogP contribution in [0.15, 0.2) is 11.8 Å². The molecule has 1 saturated heterocycles. The summed E-state index contributed by atoms with van der Waals surface area (Å²) in [4.78, 5) is 13.2. The minimum atomic E-state index is 0.183. The Morgan fingerprint density at radius 2 is 2.33 bits per heavy atom. The summed E-state index contributed by atoms with van der Waals surface area (Å²) < 4.78 is 0. The van der Waals surface area contributed by atoms with Crippen molar-refractivity contribution in [1.82, 2.24) is 4.90 Å². The Hall–Kier alpha value is -0.830. The Morgan fingerprint density at radius 3 is 3.00 bits per heavy atom. The van der Waals surface area contributed by atoms with Crippen LogP contribution in [0.25, 0.3) is 0 Å². The van der Waals surface area contributed by atoms with Crippen LogP contribution in [0.4, 0.5) is 0 Å². The van der Waals surface area contributed by atoms with E-state index in [9.17, 15) is 4.79 Å². The second kappa shape index (κ2) is 4.79. The highest BCUT2D eigenvalue weighted by molar-refractivity contribution is 5.74. The summed E-state index contributed by atoms with van der Waals surface area (Å²) in [6, 6.07) is 0.654. The predicted molar refractivity (Wildman–Crippen MR) is 59.1 cm³/mol. The standard InChI is InChI=1S/C12H20N2O/c1-10(15)14-8-4-5-11(9-14)12-6-2-3-7-13-12/h9,12-13H,2-8H2,1H3/p+1. The van der Waals surface area contributed by atoms with Crippen molar-refractivity contribution in [3.05, 3.63) is 11.8 Å². The number of hydrogen-bond donors (Lipinski definition) is 1. The van der Waals surface area contributed by atoms with Crippen LogP contribution < -0.4 is 5.32 Å². The van der Waals surface area contributed by atoms with Gasteiger partial charge in [0.25, 0.3) is 0 Å². The van der Waals surface area contributed by atoms with Gasteiger partial charge in [-0.25, -0.2) is 0 Å². The van der Waals surface area contributed by atoms with Crippen LogP contribution in [-0.2, 0) is 4.79 Å². The van der Waals surface area contributed by atoms with Gasteiger partial charge in [0.1, 0.15) is 6.04 Å². The molecule has 2 aliphatic rings. The number of quaternary nitrogens is 1. The molecule has 1 unspecified atom stereocenters. The van der Waals surface area contributed by atoms with E-state index in [-0.39, 0.29) is 5.91 Å². The molecule has 2 aliphatic heterocycles. The van der Waals surface area contributed by atoms with Crippen LogP contribution >= 0.6 is 0 Å². The third-order valence-corrected chi connectivity index (χ3v) is 3.49. The first-order valence-corrected chi connectivity index (χ1v) is 6.08. The molecule has 84 valence electrons. The number of carbonyl (C=O) groups is 1. The van der Waals surface area contributed by atoms with E-state index < -0.39 is 0 Å². The van der Waals surface area contributed by atoms with Gasteiger partial charge in [0.2, 0.25) is 5.91 Å². The van der Waals surface area contributed by atoms with Crippen molar-refractivity contribution < 1.29 is 10.1 Å². The first-order chi connectivity index (χ1) is 7.27. The molecule has 3 nitrogen and oxygen atoms in total. The van der Waals surface area contributed by atoms with Crippen LogP contribution in [0.1, 0.15) is 39.0 Å². The van der Waals surface area contributed by atoms with Gasteiger partial charge in [0.15, 0.2) is 0 Å². The van der Waals surface area contributed by atoms with Gasteiger partial charge in [-0.15, -0.1) is 0 Å². The van der Waals surface area contributed by atoms with E-state index >= 15 is 0 Å². The molecule has 1 atom stereocenters. The number of piperidine rings is 1. The average Bonchev–Trinajstić information content (AvgIpc) is 2.30. The maximum Gasteiger partial charge on any atom is 0.223 e. The molecule has 2 heterocycles. The Balaban J connectivity index is 2.03. The molecular weight excluding hydrogens is 188 g/mol. The van der Waals surface area contributed by atoms with Gasteiger partial charge >= 0.3 is 0 Å². The molecule has 0 radical (unpaired) electrons. The van der Waals surface area contributed by atoms with Crippen molar-refractivity contribution in [3.8, 4) is 0 Å². The van der Waals surface area contributed by atoms with E-state index in [1.54, 1.807) is 6.92 Å². The molecule has 0 bridgehead atoms. The van der Waals surface area contributed by atoms with Crippen molar-refractivity contribution in [1.29, 1.82) is 0 Å². The molecule has 1 fully saturated rings. The van der Waals surface area contributed by atoms with Gasteiger partial charge in [0.05, 0.1) is 6.54 Å². The minimum Gasteiger partial charge on any atom is -0.340 e. The monoisotopic (exact) mass is 209 g/mol. The molecule has 1 amide bonds. The predicted octanol–water partition coefficient (Wildman–Crippen LogP) is 0.628. The molecule has 2 N–H and O–H groups in total. The SMILES string of the molecule is CC(=O)N1C=C(C2CCCC[NH2+]2)CCC1. The average molecular weight is 209 g/mol. The second-order valence-corrected chi connectivity index (χ2v) is 4.65. The number of rotatable bonds is 1. The quantitative estimate of drug-likeness (QED) is 0.675. The smallest absolute Gasteiger partial charge is 0.223 e. The van der Waals surface area contributed by atoms with Gasteiger partial charge in [-0.05, 0) is 25.7 Å². The summed E-state index contributed by atoms with van der Waals surface area (Å²) in [5, 5.41) is 2.44. The number of hydrogen-bond acceptors (Lipinski definition) is 1. The first kappa shape index (κ1) is 10.7. The normalized spacial score (nSPS) is 27.4. The summed E-state index contributed by atoms with van der Waals surface area (Å²) in [7, 11) is 0. The van der Waals surface area contributed by atoms with Crippen molar-refractivity contribution in [2.45, 2.75) is 45.1 Å². The van der Waals surface area contributed by atoms with E-state index in [2.05, 4.69) is 11.5 Å². The van der Waals surface area contributed by atoms with Gasteiger partial charge < -0.3 is 10.2 Å². The Labute approximate surface area is 91.5 Å². The van der Waals surface area contributed by atoms with Crippen LogP contribution in [0.2, 0.25) is 0 Å². The highest BCUT2D eigenvalue weighted by Gasteiger charge is 2.24. The van der Waals surface area contributed by atoms with Gasteiger partial charge in [-0.2, -0.15) is 0 Å². The fourth-order valence-corrected chi connectivity index (χ4v) is 2.59. The van der Waals surface area contributed by atoms with Crippen LogP contribution in [0, 0.1) is 0 Å². The number of carbonyl (C=O) groups excluding carboxylic acids is 1. The van der Waals surface area contributed by atoms with Gasteiger partial charge in [0, 0.05) is 31.7 Å². The summed E-state index contributed by atoms with van der Waals surface area (Å²) in [5.74, 6) is 0.183. The maximum absolute atomic E-state index is 11.3. The van der Waals surface area contributed by atoms with E-state index in [0.717, 1.165) is 13.0 Å². The molecule has 0 saturated carbocycles. The molecule has 0 aromatic carbocycles. The third-order valence-electron chi connectivity index (χ3n) is 3.49. The fraction of sp³-hybridized carbons (Fsp3) is 0.750. The zero-order valence-electron chi connectivity index (χ0n) is 9.54. The summed E-state index contributed by atoms with van der Waals surface area (Å²) in [6.07, 6.45) is 8.41. The zero-order chi connectivity index (χ0) is 10.7. The molecule has 0 spiro atoms. The molecule has 0 aliphatic carbocycles. The highest BCUT2D eigenvalue weighted by atomic mass is 16.2. The lowest BCUT2D eigenvalue weighted by molar-refractivity contribution is -0.689. The second-order valence-electron chi connectivity index (χ2n) is 4.65. The summed E-state index contributed by atoms with van der Waals surface area (Å²) in [5.41, 5.74) is 1.48. The Morgan fingerprint density at radius 1 is 1.47 bits per heavy atom. The molecule has 0 aromatic heterocycles.